The molecule has 0 saturated carbocycles. The van der Waals surface area contributed by atoms with Gasteiger partial charge in [-0.3, -0.25) is 9.59 Å². The van der Waals surface area contributed by atoms with Crippen LogP contribution < -0.4 is 21.0 Å². The van der Waals surface area contributed by atoms with E-state index in [0.717, 1.165) is 19.2 Å². The Morgan fingerprint density at radius 1 is 1.08 bits per heavy atom. The molecular weight excluding hydrogens is 492 g/mol. The summed E-state index contributed by atoms with van der Waals surface area (Å²) in [6.07, 6.45) is 4.03. The number of fused-ring (bicyclic) bond motifs is 1. The summed E-state index contributed by atoms with van der Waals surface area (Å²) in [5.41, 5.74) is 1.15. The van der Waals surface area contributed by atoms with Gasteiger partial charge in [-0.15, -0.1) is 0 Å². The summed E-state index contributed by atoms with van der Waals surface area (Å²) in [7, 11) is 1.99. The van der Waals surface area contributed by atoms with Crippen LogP contribution in [0.4, 0.5) is 31.8 Å². The van der Waals surface area contributed by atoms with Gasteiger partial charge in [0.2, 0.25) is 11.9 Å². The Hall–Kier alpha value is -4.64. The zero-order chi connectivity index (χ0) is 26.8. The molecule has 1 saturated heterocycles. The lowest BCUT2D eigenvalue weighted by Crippen LogP contribution is -2.44. The van der Waals surface area contributed by atoms with Crippen molar-refractivity contribution in [3.8, 4) is 5.69 Å². The predicted octanol–water partition coefficient (Wildman–Crippen LogP) is 3.68. The van der Waals surface area contributed by atoms with Crippen LogP contribution in [0.5, 0.6) is 0 Å². The minimum absolute atomic E-state index is 0.0152. The zero-order valence-electron chi connectivity index (χ0n) is 20.6. The van der Waals surface area contributed by atoms with Crippen LogP contribution in [0.2, 0.25) is 0 Å². The maximum absolute atomic E-state index is 15.1. The first kappa shape index (κ1) is 25.0. The normalized spacial score (nSPS) is 13.9. The van der Waals surface area contributed by atoms with Crippen molar-refractivity contribution in [3.63, 3.8) is 0 Å². The van der Waals surface area contributed by atoms with Gasteiger partial charge in [0.15, 0.2) is 22.7 Å². The molecule has 0 unspecified atom stereocenters. The van der Waals surface area contributed by atoms with Crippen molar-refractivity contribution in [2.24, 2.45) is 0 Å². The molecule has 194 valence electrons. The molecule has 0 spiro atoms. The molecule has 2 aromatic heterocycles. The maximum atomic E-state index is 15.1. The van der Waals surface area contributed by atoms with E-state index < -0.39 is 11.6 Å². The molecule has 5 rings (SSSR count). The van der Waals surface area contributed by atoms with Gasteiger partial charge in [0, 0.05) is 56.0 Å². The Labute approximate surface area is 217 Å². The van der Waals surface area contributed by atoms with E-state index in [-0.39, 0.29) is 39.7 Å². The highest BCUT2D eigenvalue weighted by Crippen LogP contribution is 2.29. The van der Waals surface area contributed by atoms with E-state index in [0.29, 0.717) is 24.5 Å². The number of nitrogens with one attached hydrogen (secondary N) is 2. The van der Waals surface area contributed by atoms with Crippen molar-refractivity contribution < 1.29 is 13.6 Å². The van der Waals surface area contributed by atoms with Gasteiger partial charge < -0.3 is 25.0 Å². The van der Waals surface area contributed by atoms with Crippen LogP contribution in [0.1, 0.15) is 0 Å². The fourth-order valence-electron chi connectivity index (χ4n) is 4.28. The molecule has 0 atom stereocenters. The fraction of sp³-hybridized carbons (Fsp3) is 0.185. The first-order valence-corrected chi connectivity index (χ1v) is 11.9. The summed E-state index contributed by atoms with van der Waals surface area (Å²) in [5, 5.41) is 5.66. The lowest BCUT2D eigenvalue weighted by atomic mass is 10.2. The van der Waals surface area contributed by atoms with Gasteiger partial charge in [0.05, 0.1) is 16.8 Å². The van der Waals surface area contributed by atoms with E-state index in [2.05, 4.69) is 32.1 Å². The Balaban J connectivity index is 1.48. The molecule has 3 heterocycles. The smallest absolute Gasteiger partial charge is 0.247 e. The van der Waals surface area contributed by atoms with Crippen LogP contribution in [0.3, 0.4) is 0 Å². The van der Waals surface area contributed by atoms with E-state index in [1.807, 2.05) is 11.9 Å². The summed E-state index contributed by atoms with van der Waals surface area (Å²) in [6.45, 7) is 6.17. The SMILES string of the molecule is C=CC(=O)Nc1cccc(-n2ccc(=O)c3cnc(Nc4ccc(N5CCN(C)CC5)c(F)c4F)nc32)c1. The number of rotatable bonds is 6. The van der Waals surface area contributed by atoms with Crippen molar-refractivity contribution in [2.45, 2.75) is 0 Å². The Morgan fingerprint density at radius 3 is 2.63 bits per heavy atom. The van der Waals surface area contributed by atoms with E-state index in [9.17, 15) is 14.0 Å². The number of nitrogens with zero attached hydrogens (tertiary/aromatic N) is 5. The molecule has 1 aliphatic heterocycles. The monoisotopic (exact) mass is 517 g/mol. The van der Waals surface area contributed by atoms with E-state index in [1.54, 1.807) is 35.0 Å². The van der Waals surface area contributed by atoms with Crippen LogP contribution >= 0.6 is 0 Å². The first-order valence-electron chi connectivity index (χ1n) is 11.9. The number of benzene rings is 2. The van der Waals surface area contributed by atoms with Crippen molar-refractivity contribution in [1.29, 1.82) is 0 Å². The molecule has 4 aromatic rings. The number of aromatic nitrogens is 3. The molecule has 1 amide bonds. The first-order chi connectivity index (χ1) is 18.3. The summed E-state index contributed by atoms with van der Waals surface area (Å²) >= 11 is 0. The maximum Gasteiger partial charge on any atom is 0.247 e. The number of hydrogen-bond donors (Lipinski definition) is 2. The molecule has 38 heavy (non-hydrogen) atoms. The van der Waals surface area contributed by atoms with Crippen molar-refractivity contribution in [3.05, 3.63) is 89.4 Å². The Morgan fingerprint density at radius 2 is 1.87 bits per heavy atom. The second-order valence-corrected chi connectivity index (χ2v) is 8.90. The molecule has 0 bridgehead atoms. The summed E-state index contributed by atoms with van der Waals surface area (Å²) in [5.74, 6) is -2.37. The largest absolute Gasteiger partial charge is 0.367 e. The summed E-state index contributed by atoms with van der Waals surface area (Å²) in [4.78, 5) is 36.7. The molecule has 2 N–H and O–H groups in total. The average Bonchev–Trinajstić information content (AvgIpc) is 2.92. The summed E-state index contributed by atoms with van der Waals surface area (Å²) < 4.78 is 31.7. The highest BCUT2D eigenvalue weighted by atomic mass is 19.2. The van der Waals surface area contributed by atoms with Crippen molar-refractivity contribution in [1.82, 2.24) is 19.4 Å². The lowest BCUT2D eigenvalue weighted by molar-refractivity contribution is -0.111. The molecule has 1 aliphatic rings. The third-order valence-corrected chi connectivity index (χ3v) is 6.37. The minimum Gasteiger partial charge on any atom is -0.367 e. The van der Waals surface area contributed by atoms with Crippen LogP contribution in [-0.4, -0.2) is 58.6 Å². The van der Waals surface area contributed by atoms with E-state index in [1.165, 1.54) is 24.4 Å². The molecule has 11 heteroatoms. The van der Waals surface area contributed by atoms with Crippen LogP contribution in [-0.2, 0) is 4.79 Å². The highest BCUT2D eigenvalue weighted by molar-refractivity contribution is 5.99. The number of piperazine rings is 1. The second kappa shape index (κ2) is 10.4. The number of carbonyl (C=O) groups is 1. The van der Waals surface area contributed by atoms with Gasteiger partial charge >= 0.3 is 0 Å². The van der Waals surface area contributed by atoms with Crippen molar-refractivity contribution in [2.75, 3.05) is 48.8 Å². The third kappa shape index (κ3) is 4.96. The van der Waals surface area contributed by atoms with Crippen LogP contribution in [0, 0.1) is 11.6 Å². The molecule has 0 radical (unpaired) electrons. The van der Waals surface area contributed by atoms with Gasteiger partial charge in [0.1, 0.15) is 0 Å². The van der Waals surface area contributed by atoms with Gasteiger partial charge in [-0.1, -0.05) is 12.6 Å². The quantitative estimate of drug-likeness (QED) is 0.377. The van der Waals surface area contributed by atoms with E-state index in [4.69, 9.17) is 0 Å². The number of anilines is 4. The zero-order valence-corrected chi connectivity index (χ0v) is 20.6. The minimum atomic E-state index is -1.04. The third-order valence-electron chi connectivity index (χ3n) is 6.37. The topological polar surface area (TPSA) is 95.4 Å². The molecule has 1 fully saturated rings. The number of carbonyl (C=O) groups excluding carboxylic acids is 1. The van der Waals surface area contributed by atoms with Gasteiger partial charge in [-0.25, -0.2) is 13.8 Å². The van der Waals surface area contributed by atoms with Crippen molar-refractivity contribution >= 4 is 40.0 Å². The standard InChI is InChI=1S/C27H25F2N7O2/c1-3-23(38)31-17-5-4-6-18(15-17)36-10-9-22(37)19-16-30-27(33-26(19)36)32-20-7-8-21(25(29)24(20)28)35-13-11-34(2)12-14-35/h3-10,15-16H,1,11-14H2,2H3,(H,31,38)(H,30,32,33). The predicted molar refractivity (Wildman–Crippen MR) is 143 cm³/mol. The van der Waals surface area contributed by atoms with Gasteiger partial charge in [0.25, 0.3) is 0 Å². The van der Waals surface area contributed by atoms with Gasteiger partial charge in [-0.05, 0) is 43.5 Å². The average molecular weight is 518 g/mol. The number of likely N-dealkylation sites (N-methyl/N-ethyl adjacent to an activating group) is 1. The fourth-order valence-corrected chi connectivity index (χ4v) is 4.28. The highest BCUT2D eigenvalue weighted by Gasteiger charge is 2.22. The van der Waals surface area contributed by atoms with Crippen LogP contribution in [0.15, 0.2) is 72.3 Å². The lowest BCUT2D eigenvalue weighted by Gasteiger charge is -2.34. The number of pyridine rings is 1. The molecule has 9 nitrogen and oxygen atoms in total. The second-order valence-electron chi connectivity index (χ2n) is 8.90. The molecular formula is C27H25F2N7O2. The molecule has 2 aromatic carbocycles. The van der Waals surface area contributed by atoms with E-state index >= 15 is 4.39 Å². The van der Waals surface area contributed by atoms with Crippen LogP contribution in [0.25, 0.3) is 16.7 Å². The Kier molecular flexibility index (Phi) is 6.84. The number of hydrogen-bond acceptors (Lipinski definition) is 7. The number of amides is 1. The Bertz CT molecular complexity index is 1600. The number of halogens is 2. The van der Waals surface area contributed by atoms with Gasteiger partial charge in [-0.2, -0.15) is 4.98 Å². The summed E-state index contributed by atoms with van der Waals surface area (Å²) in [6, 6.07) is 11.3. The molecule has 0 aliphatic carbocycles.